The van der Waals surface area contributed by atoms with Crippen LogP contribution in [0.4, 0.5) is 0 Å². The molecule has 0 amide bonds. The van der Waals surface area contributed by atoms with Crippen molar-refractivity contribution in [3.63, 3.8) is 0 Å². The topological polar surface area (TPSA) is 38.9 Å². The van der Waals surface area contributed by atoms with Crippen molar-refractivity contribution in [1.29, 1.82) is 0 Å². The molecular formula is C49H46GeIrN2O-2. The van der Waals surface area contributed by atoms with Gasteiger partial charge in [-0.3, -0.25) is 0 Å². The predicted octanol–water partition coefficient (Wildman–Crippen LogP) is 13.1. The average Bonchev–Trinajstić information content (AvgIpc) is 3.59. The van der Waals surface area contributed by atoms with Crippen LogP contribution in [-0.4, -0.2) is 23.2 Å². The van der Waals surface area contributed by atoms with Gasteiger partial charge in [0.2, 0.25) is 0 Å². The van der Waals surface area contributed by atoms with Crippen LogP contribution in [0.2, 0.25) is 17.3 Å². The van der Waals surface area contributed by atoms with E-state index < -0.39 is 19.2 Å². The van der Waals surface area contributed by atoms with Gasteiger partial charge in [-0.15, -0.1) is 18.2 Å². The molecule has 3 nitrogen and oxygen atoms in total. The second-order valence-corrected chi connectivity index (χ2v) is 25.1. The van der Waals surface area contributed by atoms with Gasteiger partial charge in [0.25, 0.3) is 0 Å². The minimum Gasteiger partial charge on any atom is -0.501 e. The molecule has 273 valence electrons. The molecule has 1 radical (unpaired) electrons. The minimum atomic E-state index is -1.83. The molecule has 0 unspecified atom stereocenters. The van der Waals surface area contributed by atoms with Crippen LogP contribution < -0.4 is 4.40 Å². The Labute approximate surface area is 338 Å². The van der Waals surface area contributed by atoms with E-state index in [1.54, 1.807) is 6.20 Å². The molecule has 0 aliphatic rings. The number of benzene rings is 5. The third-order valence-electron chi connectivity index (χ3n) is 9.93. The molecule has 54 heavy (non-hydrogen) atoms. The van der Waals surface area contributed by atoms with E-state index in [-0.39, 0.29) is 20.1 Å². The summed E-state index contributed by atoms with van der Waals surface area (Å²) in [6.45, 7) is 6.33. The molecule has 0 fully saturated rings. The number of nitrogens with zero attached hydrogens (tertiary/aromatic N) is 2. The van der Waals surface area contributed by atoms with Gasteiger partial charge in [0.05, 0.1) is 5.58 Å². The van der Waals surface area contributed by atoms with E-state index in [0.29, 0.717) is 0 Å². The number of hydrogen-bond donors (Lipinski definition) is 0. The maximum absolute atomic E-state index is 8.81. The molecule has 0 spiro atoms. The number of rotatable bonds is 8. The first kappa shape index (κ1) is 37.7. The second kappa shape index (κ2) is 17.2. The molecule has 0 aliphatic heterocycles. The van der Waals surface area contributed by atoms with Gasteiger partial charge in [-0.2, -0.15) is 0 Å². The monoisotopic (exact) mass is 946 g/mol. The first-order valence-corrected chi connectivity index (χ1v) is 25.9. The average molecular weight is 945 g/mol. The molecule has 5 heteroatoms. The molecule has 3 aromatic heterocycles. The normalized spacial score (nSPS) is 11.8. The van der Waals surface area contributed by atoms with Crippen molar-refractivity contribution in [3.05, 3.63) is 163 Å². The Morgan fingerprint density at radius 2 is 1.39 bits per heavy atom. The Morgan fingerprint density at radius 3 is 2.02 bits per heavy atom. The van der Waals surface area contributed by atoms with Gasteiger partial charge in [0.1, 0.15) is 5.58 Å². The quantitative estimate of drug-likeness (QED) is 0.113. The number of aryl methyl sites for hydroxylation is 1. The zero-order valence-electron chi connectivity index (χ0n) is 32.8. The van der Waals surface area contributed by atoms with Crippen molar-refractivity contribution in [3.8, 4) is 44.8 Å². The Balaban J connectivity index is 0.000000192. The van der Waals surface area contributed by atoms with Crippen LogP contribution in [0.5, 0.6) is 0 Å². The summed E-state index contributed by atoms with van der Waals surface area (Å²) in [6, 6.07) is 50.3. The summed E-state index contributed by atoms with van der Waals surface area (Å²) in [5, 5.41) is 2.14. The summed E-state index contributed by atoms with van der Waals surface area (Å²) >= 11 is -1.83. The summed E-state index contributed by atoms with van der Waals surface area (Å²) in [5.41, 5.74) is 12.4. The molecule has 0 saturated carbocycles. The van der Waals surface area contributed by atoms with Crippen molar-refractivity contribution in [2.45, 2.75) is 56.8 Å². The fourth-order valence-electron chi connectivity index (χ4n) is 7.07. The van der Waals surface area contributed by atoms with Crippen molar-refractivity contribution < 1.29 is 25.9 Å². The van der Waals surface area contributed by atoms with Crippen LogP contribution in [0.15, 0.2) is 144 Å². The predicted molar refractivity (Wildman–Crippen MR) is 226 cm³/mol. The van der Waals surface area contributed by atoms with Crippen LogP contribution in [-0.2, 0) is 20.1 Å². The molecule has 0 N–H and O–H groups in total. The van der Waals surface area contributed by atoms with Crippen LogP contribution >= 0.6 is 0 Å². The van der Waals surface area contributed by atoms with Gasteiger partial charge in [0.15, 0.2) is 0 Å². The Bertz CT molecular complexity index is 2520. The second-order valence-electron chi connectivity index (χ2n) is 14.5. The molecule has 8 aromatic rings. The van der Waals surface area contributed by atoms with Crippen LogP contribution in [0.3, 0.4) is 0 Å². The Morgan fingerprint density at radius 1 is 0.704 bits per heavy atom. The van der Waals surface area contributed by atoms with Gasteiger partial charge in [-0.25, -0.2) is 0 Å². The van der Waals surface area contributed by atoms with E-state index in [2.05, 4.69) is 140 Å². The summed E-state index contributed by atoms with van der Waals surface area (Å²) in [6.07, 6.45) is 5.40. The maximum Gasteiger partial charge on any atom is 0.121 e. The van der Waals surface area contributed by atoms with Crippen molar-refractivity contribution >= 4 is 39.6 Å². The van der Waals surface area contributed by atoms with Crippen LogP contribution in [0.25, 0.3) is 66.7 Å². The van der Waals surface area contributed by atoms with Crippen molar-refractivity contribution in [1.82, 2.24) is 9.97 Å². The number of aromatic nitrogens is 2. The van der Waals surface area contributed by atoms with E-state index in [0.717, 1.165) is 74.0 Å². The summed E-state index contributed by atoms with van der Waals surface area (Å²) < 4.78 is 16.7. The Kier molecular flexibility index (Phi) is 12.0. The summed E-state index contributed by atoms with van der Waals surface area (Å²) in [4.78, 5) is 9.30. The molecule has 8 rings (SSSR count). The SMILES string of the molecule is Cc1cc(-c2[c-]cc(-c3ccccc3)cc2)nc[c]1[Ge]([CH3])([CH3])[CH3].[2H]C(CC)(CC)c1ccnc(-c2[c-]ccc3c2oc2cc(-c4ccccc4)ccc23)c1.[Ir]. The van der Waals surface area contributed by atoms with Gasteiger partial charge in [-0.05, 0) is 47.7 Å². The van der Waals surface area contributed by atoms with Crippen molar-refractivity contribution in [2.24, 2.45) is 0 Å². The zero-order chi connectivity index (χ0) is 37.9. The van der Waals surface area contributed by atoms with E-state index in [9.17, 15) is 0 Å². The molecule has 3 heterocycles. The van der Waals surface area contributed by atoms with Gasteiger partial charge >= 0.3 is 142 Å². The first-order chi connectivity index (χ1) is 26.1. The maximum atomic E-state index is 8.81. The zero-order valence-corrected chi connectivity index (χ0v) is 36.3. The largest absolute Gasteiger partial charge is 0.501 e. The van der Waals surface area contributed by atoms with Crippen LogP contribution in [0, 0.1) is 19.1 Å². The Hall–Kier alpha value is -4.61. The van der Waals surface area contributed by atoms with E-state index >= 15 is 0 Å². The van der Waals surface area contributed by atoms with Gasteiger partial charge < -0.3 is 9.40 Å². The molecule has 5 aromatic carbocycles. The molecule has 0 atom stereocenters. The number of hydrogen-bond acceptors (Lipinski definition) is 3. The molecule has 0 aliphatic carbocycles. The number of pyridine rings is 2. The fraction of sp³-hybridized carbons (Fsp3) is 0.184. The van der Waals surface area contributed by atoms with E-state index in [1.807, 2.05) is 48.5 Å². The molecule has 0 bridgehead atoms. The van der Waals surface area contributed by atoms with Gasteiger partial charge in [0, 0.05) is 33.1 Å². The first-order valence-electron chi connectivity index (χ1n) is 19.0. The summed E-state index contributed by atoms with van der Waals surface area (Å²) in [7, 11) is 0. The smallest absolute Gasteiger partial charge is 0.121 e. The fourth-order valence-corrected chi connectivity index (χ4v) is 10.7. The number of furan rings is 1. The van der Waals surface area contributed by atoms with Crippen LogP contribution in [0.1, 0.15) is 45.1 Å². The summed E-state index contributed by atoms with van der Waals surface area (Å²) in [5.74, 6) is 6.61. The molecule has 0 saturated heterocycles. The standard InChI is InChI=1S/C28H24NO.C21H22GeN.Ir/c1-3-19(4-2)22-15-16-29-26(17-22)25-12-8-11-24-23-14-13-21(18-27(23)30-28(24)25)20-9-6-5-7-10-20;1-16-14-21(23-15-20(16)22(2,3)4)19-12-10-18(11-13-19)17-8-6-5-7-9-17;/h5-11,13-19H,3-4H2,1-2H3;5-12,14-15H,1-4H3;/q2*-1;/i19D;;. The van der Waals surface area contributed by atoms with E-state index in [4.69, 9.17) is 10.8 Å². The third-order valence-corrected chi connectivity index (χ3v) is 14.4. The van der Waals surface area contributed by atoms with Gasteiger partial charge in [-0.1, -0.05) is 78.9 Å². The van der Waals surface area contributed by atoms with Crippen molar-refractivity contribution in [2.75, 3.05) is 0 Å². The number of fused-ring (bicyclic) bond motifs is 3. The third kappa shape index (κ3) is 8.52. The van der Waals surface area contributed by atoms with E-state index in [1.165, 1.54) is 21.1 Å². The minimum absolute atomic E-state index is 0. The molecular weight excluding hydrogens is 897 g/mol.